The molecule has 0 N–H and O–H groups in total. The van der Waals surface area contributed by atoms with Crippen molar-refractivity contribution in [1.29, 1.82) is 5.26 Å². The molecule has 0 aromatic carbocycles. The molecule has 0 radical (unpaired) electrons. The Hall–Kier alpha value is -0.280. The summed E-state index contributed by atoms with van der Waals surface area (Å²) in [5, 5.41) is 11.1. The molecule has 1 fully saturated rings. The number of hydrogen-bond acceptors (Lipinski definition) is 4. The van der Waals surface area contributed by atoms with E-state index in [1.807, 2.05) is 5.06 Å². The van der Waals surface area contributed by atoms with Crippen molar-refractivity contribution in [1.82, 2.24) is 5.06 Å². The summed E-state index contributed by atoms with van der Waals surface area (Å²) in [6.07, 6.45) is 7.64. The van der Waals surface area contributed by atoms with Gasteiger partial charge in [0.25, 0.3) is 0 Å². The average molecular weight is 232 g/mol. The van der Waals surface area contributed by atoms with Crippen LogP contribution in [0.2, 0.25) is 0 Å². The van der Waals surface area contributed by atoms with Crippen LogP contribution in [0, 0.1) is 11.3 Å². The predicted octanol–water partition coefficient (Wildman–Crippen LogP) is 1.53. The Balaban J connectivity index is 2.62. The highest BCUT2D eigenvalue weighted by Crippen LogP contribution is 2.44. The van der Waals surface area contributed by atoms with Crippen LogP contribution in [0.3, 0.4) is 0 Å². The van der Waals surface area contributed by atoms with E-state index in [-0.39, 0.29) is 0 Å². The lowest BCUT2D eigenvalue weighted by molar-refractivity contribution is -0.159. The Bertz CT molecular complexity index is 249. The van der Waals surface area contributed by atoms with E-state index in [1.165, 1.54) is 0 Å². The molecule has 0 amide bonds. The minimum atomic E-state index is -1.10. The van der Waals surface area contributed by atoms with Gasteiger partial charge in [-0.05, 0) is 18.8 Å². The molecular formula is C10H20N2O2S. The van der Waals surface area contributed by atoms with Crippen molar-refractivity contribution in [2.75, 3.05) is 39.0 Å². The van der Waals surface area contributed by atoms with E-state index in [9.17, 15) is 5.26 Å². The molecule has 1 aliphatic rings. The molecule has 0 atom stereocenters. The van der Waals surface area contributed by atoms with Gasteiger partial charge in [0.2, 0.25) is 0 Å². The topological polar surface area (TPSA) is 45.5 Å². The smallest absolute Gasteiger partial charge is 0.169 e. The van der Waals surface area contributed by atoms with Crippen LogP contribution in [0.1, 0.15) is 12.8 Å². The maximum absolute atomic E-state index is 9.24. The predicted molar refractivity (Wildman–Crippen MR) is 62.6 cm³/mol. The van der Waals surface area contributed by atoms with Crippen LogP contribution in [0.15, 0.2) is 0 Å². The van der Waals surface area contributed by atoms with Crippen LogP contribution < -0.4 is 0 Å². The molecule has 1 heterocycles. The Morgan fingerprint density at radius 2 is 1.80 bits per heavy atom. The molecule has 0 aromatic heterocycles. The highest BCUT2D eigenvalue weighted by Gasteiger charge is 2.38. The molecule has 0 unspecified atom stereocenters. The van der Waals surface area contributed by atoms with E-state index in [0.29, 0.717) is 0 Å². The van der Waals surface area contributed by atoms with Crippen LogP contribution in [-0.4, -0.2) is 49.6 Å². The van der Waals surface area contributed by atoms with Gasteiger partial charge in [0, 0.05) is 25.9 Å². The van der Waals surface area contributed by atoms with E-state index < -0.39 is 15.9 Å². The SMILES string of the molecule is CON1CCC(C#N)(OS(C)(C)C)CC1. The minimum Gasteiger partial charge on any atom is -0.316 e. The first-order chi connectivity index (χ1) is 6.91. The summed E-state index contributed by atoms with van der Waals surface area (Å²) in [7, 11) is 0.562. The molecule has 0 saturated carbocycles. The fourth-order valence-electron chi connectivity index (χ4n) is 1.72. The van der Waals surface area contributed by atoms with Crippen molar-refractivity contribution in [2.45, 2.75) is 18.4 Å². The van der Waals surface area contributed by atoms with Crippen molar-refractivity contribution in [2.24, 2.45) is 0 Å². The second-order valence-electron chi connectivity index (χ2n) is 4.53. The number of rotatable bonds is 3. The van der Waals surface area contributed by atoms with E-state index >= 15 is 0 Å². The first kappa shape index (κ1) is 12.8. The zero-order valence-corrected chi connectivity index (χ0v) is 10.8. The highest BCUT2D eigenvalue weighted by atomic mass is 32.3. The maximum atomic E-state index is 9.24. The number of hydrogen-bond donors (Lipinski definition) is 0. The largest absolute Gasteiger partial charge is 0.316 e. The van der Waals surface area contributed by atoms with Crippen LogP contribution in [0.4, 0.5) is 0 Å². The van der Waals surface area contributed by atoms with E-state index in [4.69, 9.17) is 9.02 Å². The summed E-state index contributed by atoms with van der Waals surface area (Å²) in [6.45, 7) is 1.53. The number of nitriles is 1. The third kappa shape index (κ3) is 3.65. The lowest BCUT2D eigenvalue weighted by Crippen LogP contribution is -2.45. The highest BCUT2D eigenvalue weighted by molar-refractivity contribution is 8.28. The number of nitrogens with zero attached hydrogens (tertiary/aromatic N) is 2. The molecule has 0 spiro atoms. The van der Waals surface area contributed by atoms with Crippen molar-refractivity contribution >= 4 is 10.3 Å². The fourth-order valence-corrected chi connectivity index (χ4v) is 2.88. The number of hydroxylamine groups is 2. The second-order valence-corrected chi connectivity index (χ2v) is 8.14. The van der Waals surface area contributed by atoms with Crippen molar-refractivity contribution in [3.63, 3.8) is 0 Å². The van der Waals surface area contributed by atoms with E-state index in [2.05, 4.69) is 24.8 Å². The Kier molecular flexibility index (Phi) is 4.01. The summed E-state index contributed by atoms with van der Waals surface area (Å²) in [5.74, 6) is 0. The van der Waals surface area contributed by atoms with Gasteiger partial charge in [-0.2, -0.15) is 10.3 Å². The second kappa shape index (κ2) is 4.71. The van der Waals surface area contributed by atoms with Gasteiger partial charge in [0.15, 0.2) is 5.60 Å². The van der Waals surface area contributed by atoms with Crippen molar-refractivity contribution < 1.29 is 9.02 Å². The quantitative estimate of drug-likeness (QED) is 0.740. The molecule has 1 saturated heterocycles. The van der Waals surface area contributed by atoms with Gasteiger partial charge in [-0.3, -0.25) is 0 Å². The zero-order chi connectivity index (χ0) is 11.5. The molecule has 0 aliphatic carbocycles. The minimum absolute atomic E-state index is 0.595. The molecule has 5 heteroatoms. The Labute approximate surface area is 93.6 Å². The van der Waals surface area contributed by atoms with Crippen molar-refractivity contribution in [3.05, 3.63) is 0 Å². The Morgan fingerprint density at radius 3 is 2.13 bits per heavy atom. The molecule has 88 valence electrons. The van der Waals surface area contributed by atoms with Gasteiger partial charge < -0.3 is 9.02 Å². The summed E-state index contributed by atoms with van der Waals surface area (Å²) in [5.41, 5.74) is -0.595. The first-order valence-electron chi connectivity index (χ1n) is 5.00. The van der Waals surface area contributed by atoms with Gasteiger partial charge in [0.1, 0.15) is 0 Å². The van der Waals surface area contributed by atoms with Gasteiger partial charge in [0.05, 0.1) is 13.2 Å². The van der Waals surface area contributed by atoms with E-state index in [0.717, 1.165) is 25.9 Å². The average Bonchev–Trinajstić information content (AvgIpc) is 2.16. The van der Waals surface area contributed by atoms with Gasteiger partial charge >= 0.3 is 0 Å². The lowest BCUT2D eigenvalue weighted by Gasteiger charge is -2.41. The van der Waals surface area contributed by atoms with E-state index in [1.54, 1.807) is 7.11 Å². The first-order valence-corrected chi connectivity index (χ1v) is 7.78. The van der Waals surface area contributed by atoms with Crippen LogP contribution in [0.25, 0.3) is 0 Å². The van der Waals surface area contributed by atoms with Crippen LogP contribution in [0.5, 0.6) is 0 Å². The maximum Gasteiger partial charge on any atom is 0.169 e. The fraction of sp³-hybridized carbons (Fsp3) is 0.900. The zero-order valence-electron chi connectivity index (χ0n) is 9.95. The van der Waals surface area contributed by atoms with Gasteiger partial charge in [-0.1, -0.05) is 0 Å². The molecule has 1 rings (SSSR count). The third-order valence-corrected chi connectivity index (χ3v) is 3.22. The van der Waals surface area contributed by atoms with Crippen LogP contribution in [-0.2, 0) is 9.02 Å². The molecular weight excluding hydrogens is 212 g/mol. The van der Waals surface area contributed by atoms with Crippen molar-refractivity contribution in [3.8, 4) is 6.07 Å². The molecule has 15 heavy (non-hydrogen) atoms. The molecule has 1 aliphatic heterocycles. The standard InChI is InChI=1S/C10H20N2O2S/c1-13-12-7-5-10(9-11,6-8-12)14-15(2,3)4/h5-8H2,1-4H3. The summed E-state index contributed by atoms with van der Waals surface area (Å²) < 4.78 is 5.95. The lowest BCUT2D eigenvalue weighted by atomic mass is 9.94. The summed E-state index contributed by atoms with van der Waals surface area (Å²) in [6, 6.07) is 2.33. The number of piperidine rings is 1. The normalized spacial score (nSPS) is 23.4. The van der Waals surface area contributed by atoms with Gasteiger partial charge in [-0.25, -0.2) is 0 Å². The monoisotopic (exact) mass is 232 g/mol. The summed E-state index contributed by atoms with van der Waals surface area (Å²) >= 11 is 0. The van der Waals surface area contributed by atoms with Gasteiger partial charge in [-0.15, -0.1) is 10.3 Å². The van der Waals surface area contributed by atoms with Crippen LogP contribution >= 0.6 is 10.3 Å². The molecule has 0 aromatic rings. The molecule has 0 bridgehead atoms. The molecule has 4 nitrogen and oxygen atoms in total. The summed E-state index contributed by atoms with van der Waals surface area (Å²) in [4.78, 5) is 5.13. The third-order valence-electron chi connectivity index (χ3n) is 2.40. The Morgan fingerprint density at radius 1 is 1.27 bits per heavy atom.